The lowest BCUT2D eigenvalue weighted by atomic mass is 9.94. The Morgan fingerprint density at radius 1 is 1.43 bits per heavy atom. The fraction of sp³-hybridized carbons (Fsp3) is 0.909. The minimum Gasteiger partial charge on any atom is -0.468 e. The first kappa shape index (κ1) is 11.5. The predicted molar refractivity (Wildman–Crippen MR) is 56.1 cm³/mol. The lowest BCUT2D eigenvalue weighted by Gasteiger charge is -2.43. The van der Waals surface area contributed by atoms with Crippen molar-refractivity contribution in [1.29, 1.82) is 0 Å². The van der Waals surface area contributed by atoms with Gasteiger partial charge in [0, 0.05) is 6.04 Å². The zero-order chi connectivity index (χ0) is 10.8. The molecule has 0 bridgehead atoms. The Balaban J connectivity index is 2.73. The Labute approximate surface area is 86.4 Å². The van der Waals surface area contributed by atoms with Crippen LogP contribution in [0, 0.1) is 0 Å². The molecule has 0 spiro atoms. The van der Waals surface area contributed by atoms with E-state index in [-0.39, 0.29) is 5.97 Å². The van der Waals surface area contributed by atoms with E-state index >= 15 is 0 Å². The van der Waals surface area contributed by atoms with Crippen LogP contribution in [-0.4, -0.2) is 36.1 Å². The van der Waals surface area contributed by atoms with Gasteiger partial charge >= 0.3 is 5.97 Å². The van der Waals surface area contributed by atoms with E-state index in [0.29, 0.717) is 6.04 Å². The summed E-state index contributed by atoms with van der Waals surface area (Å²) < 4.78 is 4.84. The number of esters is 1. The van der Waals surface area contributed by atoms with Gasteiger partial charge in [0.25, 0.3) is 0 Å². The normalized spacial score (nSPS) is 24.7. The predicted octanol–water partition coefficient (Wildman–Crippen LogP) is 1.81. The van der Waals surface area contributed by atoms with Crippen molar-refractivity contribution in [1.82, 2.24) is 4.90 Å². The highest BCUT2D eigenvalue weighted by atomic mass is 16.5. The van der Waals surface area contributed by atoms with Gasteiger partial charge in [-0.15, -0.1) is 0 Å². The smallest absolute Gasteiger partial charge is 0.325 e. The van der Waals surface area contributed by atoms with Crippen molar-refractivity contribution >= 4 is 5.97 Å². The van der Waals surface area contributed by atoms with Crippen LogP contribution in [0.3, 0.4) is 0 Å². The molecule has 0 amide bonds. The van der Waals surface area contributed by atoms with Crippen LogP contribution in [0.5, 0.6) is 0 Å². The van der Waals surface area contributed by atoms with Gasteiger partial charge in [0.1, 0.15) is 5.54 Å². The number of methoxy groups -OCH3 is 1. The highest BCUT2D eigenvalue weighted by Gasteiger charge is 2.39. The van der Waals surface area contributed by atoms with E-state index in [4.69, 9.17) is 4.74 Å². The molecule has 0 aliphatic carbocycles. The van der Waals surface area contributed by atoms with E-state index < -0.39 is 5.54 Å². The summed E-state index contributed by atoms with van der Waals surface area (Å²) >= 11 is 0. The van der Waals surface area contributed by atoms with Gasteiger partial charge < -0.3 is 4.74 Å². The van der Waals surface area contributed by atoms with Crippen LogP contribution in [0.15, 0.2) is 0 Å². The second-order valence-electron chi connectivity index (χ2n) is 4.59. The molecular weight excluding hydrogens is 178 g/mol. The molecule has 1 atom stereocenters. The molecule has 0 N–H and O–H groups in total. The Bertz CT molecular complexity index is 213. The summed E-state index contributed by atoms with van der Waals surface area (Å²) in [5.74, 6) is -0.133. The van der Waals surface area contributed by atoms with Crippen LogP contribution >= 0.6 is 0 Å². The van der Waals surface area contributed by atoms with E-state index in [0.717, 1.165) is 6.54 Å². The number of hydrogen-bond donors (Lipinski definition) is 0. The zero-order valence-corrected chi connectivity index (χ0v) is 9.67. The topological polar surface area (TPSA) is 29.5 Å². The summed E-state index contributed by atoms with van der Waals surface area (Å²) in [5.41, 5.74) is -0.478. The lowest BCUT2D eigenvalue weighted by Crippen LogP contribution is -2.56. The van der Waals surface area contributed by atoms with Gasteiger partial charge in [-0.2, -0.15) is 0 Å². The van der Waals surface area contributed by atoms with Crippen LogP contribution < -0.4 is 0 Å². The van der Waals surface area contributed by atoms with Gasteiger partial charge in [0.15, 0.2) is 0 Å². The first-order valence-electron chi connectivity index (χ1n) is 5.35. The van der Waals surface area contributed by atoms with Crippen LogP contribution in [0.2, 0.25) is 0 Å². The third-order valence-electron chi connectivity index (χ3n) is 3.21. The molecular formula is C11H21NO2. The summed E-state index contributed by atoms with van der Waals surface area (Å²) in [7, 11) is 1.46. The molecule has 0 aromatic carbocycles. The number of hydrogen-bond acceptors (Lipinski definition) is 3. The molecule has 0 saturated carbocycles. The fourth-order valence-corrected chi connectivity index (χ4v) is 2.30. The summed E-state index contributed by atoms with van der Waals surface area (Å²) in [6, 6.07) is 0.484. The van der Waals surface area contributed by atoms with E-state index in [1.54, 1.807) is 0 Å². The van der Waals surface area contributed by atoms with Crippen LogP contribution in [0.25, 0.3) is 0 Å². The Morgan fingerprint density at radius 3 is 2.57 bits per heavy atom. The monoisotopic (exact) mass is 199 g/mol. The minimum absolute atomic E-state index is 0.133. The third-order valence-corrected chi connectivity index (χ3v) is 3.21. The van der Waals surface area contributed by atoms with Crippen molar-refractivity contribution in [2.24, 2.45) is 0 Å². The second kappa shape index (κ2) is 4.30. The Kier molecular flexibility index (Phi) is 3.53. The second-order valence-corrected chi connectivity index (χ2v) is 4.59. The molecule has 1 heterocycles. The number of carbonyl (C=O) groups excluding carboxylic acids is 1. The van der Waals surface area contributed by atoms with E-state index in [2.05, 4.69) is 11.8 Å². The van der Waals surface area contributed by atoms with Gasteiger partial charge in [-0.05, 0) is 40.2 Å². The van der Waals surface area contributed by atoms with E-state index in [9.17, 15) is 4.79 Å². The molecule has 1 aliphatic heterocycles. The third kappa shape index (κ3) is 2.08. The number of piperidine rings is 1. The maximum absolute atomic E-state index is 11.6. The molecule has 1 aliphatic rings. The number of nitrogens with zero attached hydrogens (tertiary/aromatic N) is 1. The molecule has 1 saturated heterocycles. The maximum Gasteiger partial charge on any atom is 0.325 e. The van der Waals surface area contributed by atoms with Crippen LogP contribution in [0.4, 0.5) is 0 Å². The van der Waals surface area contributed by atoms with E-state index in [1.807, 2.05) is 13.8 Å². The van der Waals surface area contributed by atoms with Crippen LogP contribution in [-0.2, 0) is 9.53 Å². The standard InChI is InChI=1S/C11H21NO2/c1-9-7-5-6-8-12(9)11(2,3)10(13)14-4/h9H,5-8H2,1-4H3/t9-/m0/s1. The minimum atomic E-state index is -0.478. The molecule has 0 aromatic rings. The van der Waals surface area contributed by atoms with Gasteiger partial charge in [0.05, 0.1) is 7.11 Å². The van der Waals surface area contributed by atoms with Crippen LogP contribution in [0.1, 0.15) is 40.0 Å². The van der Waals surface area contributed by atoms with Gasteiger partial charge in [0.2, 0.25) is 0 Å². The molecule has 0 radical (unpaired) electrons. The van der Waals surface area contributed by atoms with Crippen molar-refractivity contribution in [3.63, 3.8) is 0 Å². The van der Waals surface area contributed by atoms with Crippen molar-refractivity contribution in [2.75, 3.05) is 13.7 Å². The molecule has 3 heteroatoms. The number of rotatable bonds is 2. The quantitative estimate of drug-likeness (QED) is 0.635. The highest BCUT2D eigenvalue weighted by molar-refractivity contribution is 5.79. The SMILES string of the molecule is COC(=O)C(C)(C)N1CCCC[C@@H]1C. The average Bonchev–Trinajstić information content (AvgIpc) is 2.17. The summed E-state index contributed by atoms with van der Waals surface area (Å²) in [4.78, 5) is 13.9. The summed E-state index contributed by atoms with van der Waals surface area (Å²) in [5, 5.41) is 0. The first-order valence-corrected chi connectivity index (χ1v) is 5.35. The molecule has 0 unspecified atom stereocenters. The van der Waals surface area contributed by atoms with Crippen molar-refractivity contribution < 1.29 is 9.53 Å². The number of ether oxygens (including phenoxy) is 1. The number of carbonyl (C=O) groups is 1. The molecule has 3 nitrogen and oxygen atoms in total. The Hall–Kier alpha value is -0.570. The van der Waals surface area contributed by atoms with Crippen molar-refractivity contribution in [3.8, 4) is 0 Å². The van der Waals surface area contributed by atoms with E-state index in [1.165, 1.54) is 26.4 Å². The lowest BCUT2D eigenvalue weighted by molar-refractivity contribution is -0.155. The maximum atomic E-state index is 11.6. The molecule has 1 rings (SSSR count). The van der Waals surface area contributed by atoms with Gasteiger partial charge in [-0.1, -0.05) is 6.42 Å². The van der Waals surface area contributed by atoms with Crippen molar-refractivity contribution in [2.45, 2.75) is 51.6 Å². The summed E-state index contributed by atoms with van der Waals surface area (Å²) in [6.07, 6.45) is 3.64. The van der Waals surface area contributed by atoms with Crippen molar-refractivity contribution in [3.05, 3.63) is 0 Å². The molecule has 14 heavy (non-hydrogen) atoms. The number of likely N-dealkylation sites (tertiary alicyclic amines) is 1. The summed E-state index contributed by atoms with van der Waals surface area (Å²) in [6.45, 7) is 7.08. The zero-order valence-electron chi connectivity index (χ0n) is 9.67. The Morgan fingerprint density at radius 2 is 2.07 bits per heavy atom. The average molecular weight is 199 g/mol. The highest BCUT2D eigenvalue weighted by Crippen LogP contribution is 2.26. The van der Waals surface area contributed by atoms with Gasteiger partial charge in [-0.25, -0.2) is 0 Å². The largest absolute Gasteiger partial charge is 0.468 e. The molecule has 0 aromatic heterocycles. The van der Waals surface area contributed by atoms with Gasteiger partial charge in [-0.3, -0.25) is 9.69 Å². The molecule has 1 fully saturated rings. The molecule has 82 valence electrons. The first-order chi connectivity index (χ1) is 6.50. The fourth-order valence-electron chi connectivity index (χ4n) is 2.30.